The Balaban J connectivity index is 1.18. The predicted molar refractivity (Wildman–Crippen MR) is 128 cm³/mol. The number of hydrogen-bond acceptors (Lipinski definition) is 2. The van der Waals surface area contributed by atoms with Crippen molar-refractivity contribution in [3.05, 3.63) is 65.9 Å². The van der Waals surface area contributed by atoms with Crippen molar-refractivity contribution in [1.82, 2.24) is 4.98 Å². The maximum atomic E-state index is 12.9. The summed E-state index contributed by atoms with van der Waals surface area (Å²) in [7, 11) is 0. The molecule has 5 heteroatoms. The standard InChI is InChI=1S/C28H30N2O3/c31-26(24(27(32)33)12-20-16-29-25-4-2-1-3-23(20)25)30-22-7-5-21(6-8-22)28-13-17-9-18(14-28)11-19(10-17)15-28/h1-8,16-19,24,29H,9-15H2,(H,30,31)(H,32,33)/t17?,18?,19?,24-,28?/m0/s1. The Morgan fingerprint density at radius 2 is 1.61 bits per heavy atom. The number of H-pyrrole nitrogens is 1. The fourth-order valence-electron chi connectivity index (χ4n) is 7.41. The van der Waals surface area contributed by atoms with Crippen molar-refractivity contribution in [3.8, 4) is 0 Å². The zero-order valence-electron chi connectivity index (χ0n) is 18.7. The first-order valence-electron chi connectivity index (χ1n) is 12.2. The van der Waals surface area contributed by atoms with E-state index >= 15 is 0 Å². The Labute approximate surface area is 193 Å². The van der Waals surface area contributed by atoms with Crippen LogP contribution in [0.5, 0.6) is 0 Å². The number of benzene rings is 2. The Hall–Kier alpha value is -3.08. The van der Waals surface area contributed by atoms with Crippen LogP contribution in [0.1, 0.15) is 49.7 Å². The second-order valence-corrected chi connectivity index (χ2v) is 10.7. The van der Waals surface area contributed by atoms with Gasteiger partial charge in [0.15, 0.2) is 0 Å². The number of amides is 1. The molecule has 4 aliphatic rings. The summed E-state index contributed by atoms with van der Waals surface area (Å²) in [4.78, 5) is 28.0. The van der Waals surface area contributed by atoms with Gasteiger partial charge in [-0.3, -0.25) is 9.59 Å². The number of aliphatic carboxylic acids is 1. The van der Waals surface area contributed by atoms with Crippen LogP contribution < -0.4 is 5.32 Å². The Morgan fingerprint density at radius 1 is 0.970 bits per heavy atom. The van der Waals surface area contributed by atoms with E-state index in [1.165, 1.54) is 44.1 Å². The molecule has 170 valence electrons. The summed E-state index contributed by atoms with van der Waals surface area (Å²) in [6.45, 7) is 0. The molecular weight excluding hydrogens is 412 g/mol. The minimum atomic E-state index is -1.15. The molecule has 7 rings (SSSR count). The van der Waals surface area contributed by atoms with Gasteiger partial charge in [0.2, 0.25) is 5.91 Å². The van der Waals surface area contributed by atoms with Crippen molar-refractivity contribution >= 4 is 28.5 Å². The molecule has 2 aromatic carbocycles. The number of nitrogens with one attached hydrogen (secondary N) is 2. The molecule has 3 N–H and O–H groups in total. The Bertz CT molecular complexity index is 1170. The van der Waals surface area contributed by atoms with Crippen LogP contribution >= 0.6 is 0 Å². The molecule has 4 aliphatic carbocycles. The summed E-state index contributed by atoms with van der Waals surface area (Å²) < 4.78 is 0. The summed E-state index contributed by atoms with van der Waals surface area (Å²) >= 11 is 0. The number of fused-ring (bicyclic) bond motifs is 1. The van der Waals surface area contributed by atoms with Crippen LogP contribution in [0.2, 0.25) is 0 Å². The summed E-state index contributed by atoms with van der Waals surface area (Å²) in [5.41, 5.74) is 4.16. The summed E-state index contributed by atoms with van der Waals surface area (Å²) in [6.07, 6.45) is 10.1. The van der Waals surface area contributed by atoms with Crippen molar-refractivity contribution < 1.29 is 14.7 Å². The molecule has 0 saturated heterocycles. The van der Waals surface area contributed by atoms with Crippen LogP contribution in [0.15, 0.2) is 54.7 Å². The molecule has 4 saturated carbocycles. The minimum Gasteiger partial charge on any atom is -0.481 e. The fourth-order valence-corrected chi connectivity index (χ4v) is 7.41. The Kier molecular flexibility index (Phi) is 4.82. The number of para-hydroxylation sites is 1. The Morgan fingerprint density at radius 3 is 2.24 bits per heavy atom. The lowest BCUT2D eigenvalue weighted by molar-refractivity contribution is -0.145. The highest BCUT2D eigenvalue weighted by Crippen LogP contribution is 2.60. The highest BCUT2D eigenvalue weighted by atomic mass is 16.4. The van der Waals surface area contributed by atoms with E-state index < -0.39 is 17.8 Å². The molecular formula is C28H30N2O3. The number of carboxylic acid groups (broad SMARTS) is 1. The van der Waals surface area contributed by atoms with Gasteiger partial charge in [-0.05, 0) is 97.4 Å². The third-order valence-electron chi connectivity index (χ3n) is 8.52. The van der Waals surface area contributed by atoms with E-state index in [0.717, 1.165) is 34.2 Å². The van der Waals surface area contributed by atoms with E-state index in [9.17, 15) is 14.7 Å². The molecule has 0 radical (unpaired) electrons. The average molecular weight is 443 g/mol. The van der Waals surface area contributed by atoms with Crippen LogP contribution in [-0.2, 0) is 21.4 Å². The quantitative estimate of drug-likeness (QED) is 0.440. The lowest BCUT2D eigenvalue weighted by Crippen LogP contribution is -2.48. The molecule has 4 fully saturated rings. The second-order valence-electron chi connectivity index (χ2n) is 10.7. The molecule has 0 spiro atoms. The van der Waals surface area contributed by atoms with Crippen LogP contribution in [-0.4, -0.2) is 22.0 Å². The first kappa shape index (κ1) is 20.5. The third-order valence-corrected chi connectivity index (χ3v) is 8.52. The van der Waals surface area contributed by atoms with Crippen LogP contribution in [0, 0.1) is 23.7 Å². The molecule has 1 atom stereocenters. The fraction of sp³-hybridized carbons (Fsp3) is 0.429. The maximum Gasteiger partial charge on any atom is 0.316 e. The van der Waals surface area contributed by atoms with Gasteiger partial charge in [-0.15, -0.1) is 0 Å². The molecule has 0 unspecified atom stereocenters. The number of carboxylic acids is 1. The minimum absolute atomic E-state index is 0.149. The summed E-state index contributed by atoms with van der Waals surface area (Å²) in [6, 6.07) is 16.0. The van der Waals surface area contributed by atoms with Crippen molar-refractivity contribution in [1.29, 1.82) is 0 Å². The lowest BCUT2D eigenvalue weighted by Gasteiger charge is -2.57. The number of aromatic amines is 1. The van der Waals surface area contributed by atoms with Gasteiger partial charge < -0.3 is 15.4 Å². The average Bonchev–Trinajstić information content (AvgIpc) is 3.19. The zero-order valence-corrected chi connectivity index (χ0v) is 18.7. The first-order chi connectivity index (χ1) is 16.0. The summed E-state index contributed by atoms with van der Waals surface area (Å²) in [5.74, 6) is -0.0743. The molecule has 1 heterocycles. The van der Waals surface area contributed by atoms with E-state index in [-0.39, 0.29) is 6.42 Å². The molecule has 0 aliphatic heterocycles. The molecule has 1 amide bonds. The topological polar surface area (TPSA) is 82.2 Å². The molecule has 3 aromatic rings. The van der Waals surface area contributed by atoms with Gasteiger partial charge in [-0.2, -0.15) is 0 Å². The second kappa shape index (κ2) is 7.75. The van der Waals surface area contributed by atoms with E-state index in [1.54, 1.807) is 6.20 Å². The van der Waals surface area contributed by atoms with E-state index in [0.29, 0.717) is 11.1 Å². The summed E-state index contributed by atoms with van der Waals surface area (Å²) in [5, 5.41) is 13.6. The smallest absolute Gasteiger partial charge is 0.316 e. The third kappa shape index (κ3) is 3.64. The lowest BCUT2D eigenvalue weighted by atomic mass is 9.48. The number of aromatic nitrogens is 1. The highest BCUT2D eigenvalue weighted by molar-refractivity contribution is 6.04. The van der Waals surface area contributed by atoms with Gasteiger partial charge in [-0.25, -0.2) is 0 Å². The number of carbonyl (C=O) groups excluding carboxylic acids is 1. The molecule has 4 bridgehead atoms. The first-order valence-corrected chi connectivity index (χ1v) is 12.2. The normalized spacial score (nSPS) is 28.7. The number of hydrogen-bond donors (Lipinski definition) is 3. The number of rotatable bonds is 6. The van der Waals surface area contributed by atoms with Gasteiger partial charge >= 0.3 is 5.97 Å². The van der Waals surface area contributed by atoms with Crippen LogP contribution in [0.25, 0.3) is 10.9 Å². The predicted octanol–water partition coefficient (Wildman–Crippen LogP) is 5.52. The number of carbonyl (C=O) groups is 2. The van der Waals surface area contributed by atoms with Gasteiger partial charge in [0.05, 0.1) is 0 Å². The van der Waals surface area contributed by atoms with Gasteiger partial charge in [0.25, 0.3) is 0 Å². The van der Waals surface area contributed by atoms with Crippen molar-refractivity contribution in [2.24, 2.45) is 23.7 Å². The van der Waals surface area contributed by atoms with Gasteiger partial charge in [0.1, 0.15) is 5.92 Å². The monoisotopic (exact) mass is 442 g/mol. The van der Waals surface area contributed by atoms with Crippen molar-refractivity contribution in [3.63, 3.8) is 0 Å². The molecule has 5 nitrogen and oxygen atoms in total. The molecule has 1 aromatic heterocycles. The largest absolute Gasteiger partial charge is 0.481 e. The van der Waals surface area contributed by atoms with Crippen molar-refractivity contribution in [2.45, 2.75) is 50.4 Å². The van der Waals surface area contributed by atoms with E-state index in [1.807, 2.05) is 36.4 Å². The SMILES string of the molecule is O=C(O)[C@@H](Cc1c[nH]c2ccccc12)C(=O)Nc1ccc(C23CC4CC(CC(C4)C2)C3)cc1. The molecule has 33 heavy (non-hydrogen) atoms. The van der Waals surface area contributed by atoms with Crippen molar-refractivity contribution in [2.75, 3.05) is 5.32 Å². The zero-order chi connectivity index (χ0) is 22.6. The van der Waals surface area contributed by atoms with E-state index in [4.69, 9.17) is 0 Å². The highest BCUT2D eigenvalue weighted by Gasteiger charge is 2.51. The van der Waals surface area contributed by atoms with Gasteiger partial charge in [-0.1, -0.05) is 30.3 Å². The van der Waals surface area contributed by atoms with Gasteiger partial charge in [0, 0.05) is 22.8 Å². The van der Waals surface area contributed by atoms with E-state index in [2.05, 4.69) is 22.4 Å². The van der Waals surface area contributed by atoms with Crippen LogP contribution in [0.4, 0.5) is 5.69 Å². The van der Waals surface area contributed by atoms with Crippen LogP contribution in [0.3, 0.4) is 0 Å². The number of anilines is 1. The maximum absolute atomic E-state index is 12.9.